The third-order valence-electron chi connectivity index (χ3n) is 3.33. The molecule has 0 heterocycles. The highest BCUT2D eigenvalue weighted by atomic mass is 32.2. The third-order valence-corrected chi connectivity index (χ3v) is 5.35. The first-order valence-electron chi connectivity index (χ1n) is 5.99. The monoisotopic (exact) mass is 281 g/mol. The summed E-state index contributed by atoms with van der Waals surface area (Å²) in [7, 11) is -2.10. The Morgan fingerprint density at radius 3 is 2.32 bits per heavy atom. The Labute approximate surface area is 114 Å². The second-order valence-electron chi connectivity index (χ2n) is 4.87. The standard InChI is InChI=1S/C13H19N3O2S/c1-9(2)10(3)16(4)19(17,18)13-6-5-11(8-14)7-12(13)15/h5-7,9-10H,15H2,1-4H3. The molecule has 2 N–H and O–H groups in total. The van der Waals surface area contributed by atoms with Gasteiger partial charge in [-0.2, -0.15) is 9.57 Å². The predicted octanol–water partition coefficient (Wildman–Crippen LogP) is 1.81. The smallest absolute Gasteiger partial charge is 0.245 e. The average molecular weight is 281 g/mol. The van der Waals surface area contributed by atoms with Crippen LogP contribution in [-0.4, -0.2) is 25.8 Å². The third kappa shape index (κ3) is 3.06. The van der Waals surface area contributed by atoms with Gasteiger partial charge in [-0.3, -0.25) is 0 Å². The highest BCUT2D eigenvalue weighted by molar-refractivity contribution is 7.89. The summed E-state index contributed by atoms with van der Waals surface area (Å²) in [6.45, 7) is 5.76. The van der Waals surface area contributed by atoms with E-state index in [9.17, 15) is 8.42 Å². The van der Waals surface area contributed by atoms with Crippen LogP contribution < -0.4 is 5.73 Å². The fraction of sp³-hybridized carbons (Fsp3) is 0.462. The van der Waals surface area contributed by atoms with Crippen LogP contribution >= 0.6 is 0 Å². The van der Waals surface area contributed by atoms with Gasteiger partial charge in [0.25, 0.3) is 0 Å². The zero-order chi connectivity index (χ0) is 14.8. The summed E-state index contributed by atoms with van der Waals surface area (Å²) in [5.41, 5.74) is 6.18. The van der Waals surface area contributed by atoms with E-state index in [1.807, 2.05) is 26.8 Å². The normalized spacial score (nSPS) is 13.5. The molecule has 0 aliphatic carbocycles. The number of nitrogen functional groups attached to an aromatic ring is 1. The van der Waals surface area contributed by atoms with Gasteiger partial charge in [0, 0.05) is 13.1 Å². The van der Waals surface area contributed by atoms with Crippen LogP contribution in [0.2, 0.25) is 0 Å². The van der Waals surface area contributed by atoms with E-state index in [0.717, 1.165) is 0 Å². The maximum absolute atomic E-state index is 12.5. The lowest BCUT2D eigenvalue weighted by molar-refractivity contribution is 0.316. The molecule has 0 saturated heterocycles. The number of anilines is 1. The lowest BCUT2D eigenvalue weighted by atomic mass is 10.1. The van der Waals surface area contributed by atoms with Crippen LogP contribution in [0.15, 0.2) is 23.1 Å². The summed E-state index contributed by atoms with van der Waals surface area (Å²) in [6.07, 6.45) is 0. The van der Waals surface area contributed by atoms with Crippen LogP contribution in [0.5, 0.6) is 0 Å². The Morgan fingerprint density at radius 2 is 1.89 bits per heavy atom. The van der Waals surface area contributed by atoms with Gasteiger partial charge >= 0.3 is 0 Å². The fourth-order valence-electron chi connectivity index (χ4n) is 1.65. The Morgan fingerprint density at radius 1 is 1.32 bits per heavy atom. The second kappa shape index (κ2) is 5.59. The number of sulfonamides is 1. The quantitative estimate of drug-likeness (QED) is 0.852. The topological polar surface area (TPSA) is 87.2 Å². The summed E-state index contributed by atoms with van der Waals surface area (Å²) in [5, 5.41) is 8.76. The van der Waals surface area contributed by atoms with Crippen LogP contribution in [-0.2, 0) is 10.0 Å². The van der Waals surface area contributed by atoms with Gasteiger partial charge in [-0.15, -0.1) is 0 Å². The van der Waals surface area contributed by atoms with Crippen molar-refractivity contribution in [2.75, 3.05) is 12.8 Å². The molecule has 0 spiro atoms. The van der Waals surface area contributed by atoms with Crippen LogP contribution in [0.4, 0.5) is 5.69 Å². The van der Waals surface area contributed by atoms with Gasteiger partial charge in [-0.1, -0.05) is 13.8 Å². The molecule has 19 heavy (non-hydrogen) atoms. The molecule has 0 aromatic heterocycles. The molecule has 0 aliphatic heterocycles. The van der Waals surface area contributed by atoms with Gasteiger partial charge in [0.1, 0.15) is 4.90 Å². The number of hydrogen-bond acceptors (Lipinski definition) is 4. The van der Waals surface area contributed by atoms with Crippen molar-refractivity contribution >= 4 is 15.7 Å². The fourth-order valence-corrected chi connectivity index (χ4v) is 3.24. The molecule has 104 valence electrons. The van der Waals surface area contributed by atoms with Crippen molar-refractivity contribution in [3.63, 3.8) is 0 Å². The first kappa shape index (κ1) is 15.5. The number of nitriles is 1. The van der Waals surface area contributed by atoms with Crippen molar-refractivity contribution in [2.24, 2.45) is 5.92 Å². The lowest BCUT2D eigenvalue weighted by Gasteiger charge is -2.27. The summed E-state index contributed by atoms with van der Waals surface area (Å²) in [5.74, 6) is 0.194. The Balaban J connectivity index is 3.25. The number of nitrogens with zero attached hydrogens (tertiary/aromatic N) is 2. The van der Waals surface area contributed by atoms with Crippen molar-refractivity contribution in [1.82, 2.24) is 4.31 Å². The van der Waals surface area contributed by atoms with Gasteiger partial charge in [-0.25, -0.2) is 8.42 Å². The lowest BCUT2D eigenvalue weighted by Crippen LogP contribution is -2.38. The van der Waals surface area contributed by atoms with Gasteiger partial charge in [-0.05, 0) is 31.0 Å². The van der Waals surface area contributed by atoms with Crippen molar-refractivity contribution in [1.29, 1.82) is 5.26 Å². The van der Waals surface area contributed by atoms with E-state index in [-0.39, 0.29) is 22.5 Å². The van der Waals surface area contributed by atoms with E-state index >= 15 is 0 Å². The van der Waals surface area contributed by atoms with Crippen LogP contribution in [0.1, 0.15) is 26.3 Å². The molecule has 0 radical (unpaired) electrons. The second-order valence-corrected chi connectivity index (χ2v) is 6.84. The molecule has 1 rings (SSSR count). The van der Waals surface area contributed by atoms with Gasteiger partial charge < -0.3 is 5.73 Å². The predicted molar refractivity (Wildman–Crippen MR) is 74.8 cm³/mol. The molecule has 1 aromatic rings. The molecule has 0 aliphatic rings. The molecule has 6 heteroatoms. The summed E-state index contributed by atoms with van der Waals surface area (Å²) in [4.78, 5) is 0.0431. The Kier molecular flexibility index (Phi) is 4.56. The Hall–Kier alpha value is -1.58. The Bertz CT molecular complexity index is 603. The van der Waals surface area contributed by atoms with Crippen LogP contribution in [0.25, 0.3) is 0 Å². The van der Waals surface area contributed by atoms with E-state index < -0.39 is 10.0 Å². The number of hydrogen-bond donors (Lipinski definition) is 1. The number of rotatable bonds is 4. The molecule has 1 aromatic carbocycles. The van der Waals surface area contributed by atoms with Crippen molar-refractivity contribution in [3.05, 3.63) is 23.8 Å². The average Bonchev–Trinajstić information content (AvgIpc) is 2.36. The zero-order valence-electron chi connectivity index (χ0n) is 11.6. The largest absolute Gasteiger partial charge is 0.398 e. The minimum absolute atomic E-state index is 0.0431. The first-order chi connectivity index (χ1) is 8.71. The van der Waals surface area contributed by atoms with Crippen molar-refractivity contribution in [3.8, 4) is 6.07 Å². The van der Waals surface area contributed by atoms with Crippen molar-refractivity contribution in [2.45, 2.75) is 31.7 Å². The summed E-state index contributed by atoms with van der Waals surface area (Å²) in [6, 6.07) is 6.00. The molecule has 5 nitrogen and oxygen atoms in total. The summed E-state index contributed by atoms with van der Waals surface area (Å²) < 4.78 is 26.2. The van der Waals surface area contributed by atoms with E-state index in [2.05, 4.69) is 0 Å². The highest BCUT2D eigenvalue weighted by Crippen LogP contribution is 2.25. The maximum Gasteiger partial charge on any atom is 0.245 e. The van der Waals surface area contributed by atoms with E-state index in [4.69, 9.17) is 11.0 Å². The number of benzene rings is 1. The van der Waals surface area contributed by atoms with E-state index in [1.54, 1.807) is 0 Å². The van der Waals surface area contributed by atoms with Crippen LogP contribution in [0.3, 0.4) is 0 Å². The molecule has 0 saturated carbocycles. The van der Waals surface area contributed by atoms with Gasteiger partial charge in [0.05, 0.1) is 17.3 Å². The molecular weight excluding hydrogens is 262 g/mol. The molecule has 0 bridgehead atoms. The van der Waals surface area contributed by atoms with Gasteiger partial charge in [0.15, 0.2) is 0 Å². The van der Waals surface area contributed by atoms with Crippen molar-refractivity contribution < 1.29 is 8.42 Å². The minimum Gasteiger partial charge on any atom is -0.398 e. The molecule has 0 fully saturated rings. The molecular formula is C13H19N3O2S. The summed E-state index contributed by atoms with van der Waals surface area (Å²) >= 11 is 0. The minimum atomic E-state index is -3.64. The highest BCUT2D eigenvalue weighted by Gasteiger charge is 2.28. The molecule has 1 unspecified atom stereocenters. The maximum atomic E-state index is 12.5. The van der Waals surface area contributed by atoms with E-state index in [1.165, 1.54) is 29.6 Å². The molecule has 0 amide bonds. The SMILES string of the molecule is CC(C)C(C)N(C)S(=O)(=O)c1ccc(C#N)cc1N. The van der Waals surface area contributed by atoms with Crippen LogP contribution in [0, 0.1) is 17.2 Å². The zero-order valence-corrected chi connectivity index (χ0v) is 12.4. The first-order valence-corrected chi connectivity index (χ1v) is 7.43. The molecule has 1 atom stereocenters. The van der Waals surface area contributed by atoms with Gasteiger partial charge in [0.2, 0.25) is 10.0 Å². The van der Waals surface area contributed by atoms with E-state index in [0.29, 0.717) is 5.56 Å². The number of nitrogens with two attached hydrogens (primary N) is 1.